The first-order valence-corrected chi connectivity index (χ1v) is 6.84. The molecule has 1 aromatic carbocycles. The van der Waals surface area contributed by atoms with E-state index in [0.717, 1.165) is 19.4 Å². The van der Waals surface area contributed by atoms with E-state index in [1.165, 1.54) is 7.11 Å². The van der Waals surface area contributed by atoms with Gasteiger partial charge >= 0.3 is 0 Å². The Kier molecular flexibility index (Phi) is 4.61. The zero-order valence-electron chi connectivity index (χ0n) is 11.9. The molecule has 1 atom stereocenters. The number of benzene rings is 1. The Hall–Kier alpha value is -2.04. The number of rotatable bonds is 4. The maximum Gasteiger partial charge on any atom is 0.255 e. The van der Waals surface area contributed by atoms with Gasteiger partial charge in [0.25, 0.3) is 5.91 Å². The van der Waals surface area contributed by atoms with Gasteiger partial charge in [0.1, 0.15) is 5.75 Å². The summed E-state index contributed by atoms with van der Waals surface area (Å²) in [7, 11) is 1.52. The maximum absolute atomic E-state index is 12.1. The molecule has 2 amide bonds. The minimum Gasteiger partial charge on any atom is -0.496 e. The third-order valence-electron chi connectivity index (χ3n) is 3.63. The van der Waals surface area contributed by atoms with Crippen LogP contribution in [-0.4, -0.2) is 43.0 Å². The molecule has 0 aromatic heterocycles. The van der Waals surface area contributed by atoms with E-state index in [9.17, 15) is 9.59 Å². The summed E-state index contributed by atoms with van der Waals surface area (Å²) in [5.74, 6) is 0.188. The van der Waals surface area contributed by atoms with Gasteiger partial charge in [-0.3, -0.25) is 9.59 Å². The number of nitrogens with one attached hydrogen (secondary N) is 1. The van der Waals surface area contributed by atoms with Crippen LogP contribution in [0.25, 0.3) is 0 Å². The van der Waals surface area contributed by atoms with Crippen molar-refractivity contribution in [1.82, 2.24) is 10.2 Å². The Labute approximate surface area is 118 Å². The summed E-state index contributed by atoms with van der Waals surface area (Å²) >= 11 is 0. The van der Waals surface area contributed by atoms with Crippen molar-refractivity contribution < 1.29 is 14.3 Å². The molecule has 5 nitrogen and oxygen atoms in total. The van der Waals surface area contributed by atoms with Crippen LogP contribution in [0.5, 0.6) is 5.75 Å². The third-order valence-corrected chi connectivity index (χ3v) is 3.63. The number of carbonyl (C=O) groups excluding carboxylic acids is 2. The quantitative estimate of drug-likeness (QED) is 0.905. The minimum atomic E-state index is -0.289. The second kappa shape index (κ2) is 6.41. The molecule has 20 heavy (non-hydrogen) atoms. The van der Waals surface area contributed by atoms with Gasteiger partial charge in [0.2, 0.25) is 5.91 Å². The monoisotopic (exact) mass is 276 g/mol. The summed E-state index contributed by atoms with van der Waals surface area (Å²) in [5, 5.41) is 2.66. The summed E-state index contributed by atoms with van der Waals surface area (Å²) in [6.07, 6.45) is 2.07. The van der Waals surface area contributed by atoms with Gasteiger partial charge in [-0.05, 0) is 31.9 Å². The van der Waals surface area contributed by atoms with Crippen LogP contribution in [0.4, 0.5) is 0 Å². The van der Waals surface area contributed by atoms with Crippen LogP contribution in [-0.2, 0) is 4.79 Å². The second-order valence-corrected chi connectivity index (χ2v) is 4.96. The van der Waals surface area contributed by atoms with Gasteiger partial charge in [-0.15, -0.1) is 0 Å². The van der Waals surface area contributed by atoms with E-state index in [2.05, 4.69) is 5.32 Å². The molecule has 0 radical (unpaired) electrons. The van der Waals surface area contributed by atoms with Crippen LogP contribution in [0.15, 0.2) is 24.3 Å². The molecule has 2 rings (SSSR count). The van der Waals surface area contributed by atoms with Crippen molar-refractivity contribution in [3.8, 4) is 5.75 Å². The Morgan fingerprint density at radius 1 is 1.40 bits per heavy atom. The topological polar surface area (TPSA) is 58.6 Å². The lowest BCUT2D eigenvalue weighted by molar-refractivity contribution is -0.130. The number of hydrogen-bond acceptors (Lipinski definition) is 3. The number of para-hydroxylation sites is 1. The summed E-state index contributed by atoms with van der Waals surface area (Å²) in [5.41, 5.74) is 0.442. The lowest BCUT2D eigenvalue weighted by atomic mass is 10.2. The molecule has 108 valence electrons. The largest absolute Gasteiger partial charge is 0.496 e. The van der Waals surface area contributed by atoms with E-state index in [0.29, 0.717) is 11.3 Å². The highest BCUT2D eigenvalue weighted by Crippen LogP contribution is 2.18. The van der Waals surface area contributed by atoms with E-state index in [1.54, 1.807) is 24.3 Å². The third kappa shape index (κ3) is 3.10. The average Bonchev–Trinajstić information content (AvgIpc) is 2.90. The molecule has 1 aromatic rings. The number of amides is 2. The van der Waals surface area contributed by atoms with Crippen LogP contribution in [0.2, 0.25) is 0 Å². The van der Waals surface area contributed by atoms with Gasteiger partial charge in [0.05, 0.1) is 19.2 Å². The first-order valence-electron chi connectivity index (χ1n) is 6.84. The first kappa shape index (κ1) is 14.4. The van der Waals surface area contributed by atoms with Gasteiger partial charge in [0, 0.05) is 12.6 Å². The Bertz CT molecular complexity index is 502. The summed E-state index contributed by atoms with van der Waals surface area (Å²) in [4.78, 5) is 25.9. The second-order valence-electron chi connectivity index (χ2n) is 4.96. The highest BCUT2D eigenvalue weighted by atomic mass is 16.5. The maximum atomic E-state index is 12.1. The van der Waals surface area contributed by atoms with E-state index in [4.69, 9.17) is 4.74 Å². The number of hydrogen-bond donors (Lipinski definition) is 1. The highest BCUT2D eigenvalue weighted by molar-refractivity contribution is 5.98. The lowest BCUT2D eigenvalue weighted by Crippen LogP contribution is -2.41. The van der Waals surface area contributed by atoms with Gasteiger partial charge in [-0.25, -0.2) is 0 Å². The van der Waals surface area contributed by atoms with Gasteiger partial charge in [0.15, 0.2) is 0 Å². The molecule has 0 bridgehead atoms. The fraction of sp³-hybridized carbons (Fsp3) is 0.467. The molecule has 1 fully saturated rings. The zero-order chi connectivity index (χ0) is 14.5. The van der Waals surface area contributed by atoms with E-state index in [1.807, 2.05) is 11.8 Å². The van der Waals surface area contributed by atoms with E-state index in [-0.39, 0.29) is 24.4 Å². The van der Waals surface area contributed by atoms with Crippen LogP contribution < -0.4 is 10.1 Å². The standard InChI is InChI=1S/C15H20N2O3/c1-11-6-5-9-17(11)14(18)10-16-15(19)12-7-3-4-8-13(12)20-2/h3-4,7-8,11H,5-6,9-10H2,1-2H3,(H,16,19). The molecule has 1 heterocycles. The van der Waals surface area contributed by atoms with Crippen molar-refractivity contribution in [2.45, 2.75) is 25.8 Å². The molecule has 1 unspecified atom stereocenters. The summed E-state index contributed by atoms with van der Waals surface area (Å²) < 4.78 is 5.13. The summed E-state index contributed by atoms with van der Waals surface area (Å²) in [6, 6.07) is 7.23. The van der Waals surface area contributed by atoms with Crippen molar-refractivity contribution in [2.24, 2.45) is 0 Å². The normalized spacial score (nSPS) is 17.9. The smallest absolute Gasteiger partial charge is 0.255 e. The number of methoxy groups -OCH3 is 1. The Morgan fingerprint density at radius 3 is 2.80 bits per heavy atom. The summed E-state index contributed by atoms with van der Waals surface area (Å²) in [6.45, 7) is 2.85. The number of nitrogens with zero attached hydrogens (tertiary/aromatic N) is 1. The molecule has 0 spiro atoms. The van der Waals surface area contributed by atoms with Crippen LogP contribution in [0, 0.1) is 0 Å². The van der Waals surface area contributed by atoms with Gasteiger partial charge in [-0.1, -0.05) is 12.1 Å². The fourth-order valence-corrected chi connectivity index (χ4v) is 2.49. The molecule has 1 aliphatic heterocycles. The van der Waals surface area contributed by atoms with Crippen LogP contribution >= 0.6 is 0 Å². The zero-order valence-corrected chi connectivity index (χ0v) is 11.9. The lowest BCUT2D eigenvalue weighted by Gasteiger charge is -2.21. The van der Waals surface area contributed by atoms with Gasteiger partial charge in [-0.2, -0.15) is 0 Å². The van der Waals surface area contributed by atoms with Crippen LogP contribution in [0.1, 0.15) is 30.1 Å². The molecule has 1 saturated heterocycles. The average molecular weight is 276 g/mol. The van der Waals surface area contributed by atoms with Crippen molar-refractivity contribution in [3.05, 3.63) is 29.8 Å². The van der Waals surface area contributed by atoms with Crippen molar-refractivity contribution in [1.29, 1.82) is 0 Å². The van der Waals surface area contributed by atoms with E-state index < -0.39 is 0 Å². The van der Waals surface area contributed by atoms with Gasteiger partial charge < -0.3 is 15.0 Å². The molecule has 0 aliphatic carbocycles. The predicted octanol–water partition coefficient (Wildman–Crippen LogP) is 1.44. The Balaban J connectivity index is 1.93. The number of likely N-dealkylation sites (tertiary alicyclic amines) is 1. The molecular formula is C15H20N2O3. The Morgan fingerprint density at radius 2 is 2.15 bits per heavy atom. The number of carbonyl (C=O) groups is 2. The first-order chi connectivity index (χ1) is 9.63. The van der Waals surface area contributed by atoms with Crippen molar-refractivity contribution >= 4 is 11.8 Å². The predicted molar refractivity (Wildman–Crippen MR) is 75.7 cm³/mol. The number of ether oxygens (including phenoxy) is 1. The fourth-order valence-electron chi connectivity index (χ4n) is 2.49. The minimum absolute atomic E-state index is 0.0290. The highest BCUT2D eigenvalue weighted by Gasteiger charge is 2.25. The SMILES string of the molecule is COc1ccccc1C(=O)NCC(=O)N1CCCC1C. The van der Waals surface area contributed by atoms with E-state index >= 15 is 0 Å². The van der Waals surface area contributed by atoms with Crippen molar-refractivity contribution in [2.75, 3.05) is 20.2 Å². The molecule has 0 saturated carbocycles. The molecule has 5 heteroatoms. The molecule has 1 aliphatic rings. The molecule has 1 N–H and O–H groups in total. The van der Waals surface area contributed by atoms with Crippen molar-refractivity contribution in [3.63, 3.8) is 0 Å². The molecular weight excluding hydrogens is 256 g/mol. The van der Waals surface area contributed by atoms with Crippen LogP contribution in [0.3, 0.4) is 0 Å².